The zero-order chi connectivity index (χ0) is 25.4. The van der Waals surface area contributed by atoms with Crippen molar-refractivity contribution < 1.29 is 0 Å². The minimum atomic E-state index is -0.285. The molecule has 0 spiro atoms. The van der Waals surface area contributed by atoms with Gasteiger partial charge in [0.05, 0.1) is 10.7 Å². The average molecular weight is 515 g/mol. The van der Waals surface area contributed by atoms with Gasteiger partial charge in [0.2, 0.25) is 11.7 Å². The normalized spacial score (nSPS) is 16.0. The van der Waals surface area contributed by atoms with Crippen LogP contribution in [-0.2, 0) is 0 Å². The van der Waals surface area contributed by atoms with Crippen molar-refractivity contribution in [3.8, 4) is 5.69 Å². The fourth-order valence-corrected chi connectivity index (χ4v) is 5.20. The van der Waals surface area contributed by atoms with Gasteiger partial charge in [-0.2, -0.15) is 4.98 Å². The van der Waals surface area contributed by atoms with Crippen LogP contribution in [0, 0.1) is 0 Å². The van der Waals surface area contributed by atoms with Crippen LogP contribution >= 0.6 is 11.6 Å². The van der Waals surface area contributed by atoms with E-state index in [0.717, 1.165) is 24.3 Å². The molecule has 5 aromatic rings. The summed E-state index contributed by atoms with van der Waals surface area (Å²) >= 11 is 6.39. The van der Waals surface area contributed by atoms with Crippen LogP contribution in [0.15, 0.2) is 71.9 Å². The molecule has 0 radical (unpaired) electrons. The third-order valence-corrected chi connectivity index (χ3v) is 7.28. The highest BCUT2D eigenvalue weighted by Crippen LogP contribution is 2.23. The number of imidazole rings is 1. The van der Waals surface area contributed by atoms with E-state index in [2.05, 4.69) is 37.5 Å². The number of benzene rings is 2. The molecular formula is C27H27ClN8O. The Morgan fingerprint density at radius 2 is 1.89 bits per heavy atom. The minimum Gasteiger partial charge on any atom is -0.385 e. The van der Waals surface area contributed by atoms with Crippen LogP contribution in [0.3, 0.4) is 0 Å². The van der Waals surface area contributed by atoms with Gasteiger partial charge in [-0.25, -0.2) is 14.5 Å². The van der Waals surface area contributed by atoms with Crippen molar-refractivity contribution in [3.63, 3.8) is 0 Å². The molecule has 2 N–H and O–H groups in total. The number of hydrogen-bond acceptors (Lipinski definition) is 7. The maximum absolute atomic E-state index is 13.4. The number of para-hydroxylation sites is 1. The minimum absolute atomic E-state index is 0.285. The predicted molar refractivity (Wildman–Crippen MR) is 147 cm³/mol. The topological polar surface area (TPSA) is 92.4 Å². The Bertz CT molecular complexity index is 1630. The van der Waals surface area contributed by atoms with Gasteiger partial charge >= 0.3 is 0 Å². The highest BCUT2D eigenvalue weighted by molar-refractivity contribution is 6.32. The third kappa shape index (κ3) is 4.52. The molecule has 37 heavy (non-hydrogen) atoms. The van der Waals surface area contributed by atoms with Crippen LogP contribution in [0.25, 0.3) is 22.5 Å². The largest absolute Gasteiger partial charge is 0.385 e. The number of fused-ring (bicyclic) bond motifs is 3. The average Bonchev–Trinajstić information content (AvgIpc) is 3.56. The summed E-state index contributed by atoms with van der Waals surface area (Å²) in [6, 6.07) is 15.9. The van der Waals surface area contributed by atoms with E-state index in [4.69, 9.17) is 11.6 Å². The third-order valence-electron chi connectivity index (χ3n) is 6.96. The molecule has 1 aliphatic rings. The van der Waals surface area contributed by atoms with Crippen LogP contribution < -0.4 is 16.2 Å². The molecule has 3 aromatic heterocycles. The first kappa shape index (κ1) is 23.4. The van der Waals surface area contributed by atoms with Crippen molar-refractivity contribution in [1.82, 2.24) is 28.8 Å². The number of halogens is 1. The Morgan fingerprint density at radius 3 is 2.68 bits per heavy atom. The van der Waals surface area contributed by atoms with Crippen molar-refractivity contribution >= 4 is 45.7 Å². The quantitative estimate of drug-likeness (QED) is 0.324. The molecule has 0 bridgehead atoms. The van der Waals surface area contributed by atoms with E-state index in [0.29, 0.717) is 39.5 Å². The number of nitrogens with one attached hydrogen (secondary N) is 2. The lowest BCUT2D eigenvalue weighted by molar-refractivity contribution is 0.301. The molecule has 6 rings (SSSR count). The van der Waals surface area contributed by atoms with E-state index >= 15 is 0 Å². The lowest BCUT2D eigenvalue weighted by Crippen LogP contribution is -2.26. The summed E-state index contributed by atoms with van der Waals surface area (Å²) in [6.45, 7) is 2.15. The number of aromatic nitrogens is 5. The molecule has 1 aliphatic heterocycles. The van der Waals surface area contributed by atoms with Crippen molar-refractivity contribution in [2.24, 2.45) is 0 Å². The number of hydrogen-bond donors (Lipinski definition) is 2. The monoisotopic (exact) mass is 514 g/mol. The smallest absolute Gasteiger partial charge is 0.270 e. The van der Waals surface area contributed by atoms with Crippen molar-refractivity contribution in [2.75, 3.05) is 30.8 Å². The summed E-state index contributed by atoms with van der Waals surface area (Å²) in [6.07, 6.45) is 8.66. The SMILES string of the molecule is CN1CCCC1CCNc1ccc(Nc2ncc3c(=O)n(-c4ccccc4Cl)c4nccn4c3n2)cc1. The van der Waals surface area contributed by atoms with Crippen molar-refractivity contribution in [3.05, 3.63) is 82.5 Å². The first-order valence-corrected chi connectivity index (χ1v) is 12.8. The highest BCUT2D eigenvalue weighted by Gasteiger charge is 2.20. The second-order valence-electron chi connectivity index (χ2n) is 9.31. The van der Waals surface area contributed by atoms with Crippen LogP contribution in [0.1, 0.15) is 19.3 Å². The highest BCUT2D eigenvalue weighted by atomic mass is 35.5. The standard InChI is InChI=1S/C27H27ClN8O/c1-34-15-4-5-20(34)12-13-29-18-8-10-19(11-9-18)32-26-31-17-21-24(33-26)35-16-14-30-27(35)36(25(21)37)23-7-3-2-6-22(23)28/h2-3,6-11,14,16-17,20,29H,4-5,12-13,15H2,1H3,(H,31,32,33). The van der Waals surface area contributed by atoms with Crippen molar-refractivity contribution in [1.29, 1.82) is 0 Å². The Kier molecular flexibility index (Phi) is 6.23. The fraction of sp³-hybridized carbons (Fsp3) is 0.259. The van der Waals surface area contributed by atoms with E-state index in [1.807, 2.05) is 36.4 Å². The van der Waals surface area contributed by atoms with Gasteiger partial charge in [-0.1, -0.05) is 23.7 Å². The first-order valence-electron chi connectivity index (χ1n) is 12.4. The summed E-state index contributed by atoms with van der Waals surface area (Å²) in [5.41, 5.74) is 2.66. The second kappa shape index (κ2) is 9.84. The fourth-order valence-electron chi connectivity index (χ4n) is 4.98. The van der Waals surface area contributed by atoms with Crippen LogP contribution in [0.5, 0.6) is 0 Å². The second-order valence-corrected chi connectivity index (χ2v) is 9.72. The Morgan fingerprint density at radius 1 is 1.08 bits per heavy atom. The lowest BCUT2D eigenvalue weighted by Gasteiger charge is -2.19. The molecule has 1 unspecified atom stereocenters. The zero-order valence-corrected chi connectivity index (χ0v) is 21.2. The molecule has 1 saturated heterocycles. The first-order chi connectivity index (χ1) is 18.1. The van der Waals surface area contributed by atoms with Gasteiger partial charge in [0.15, 0.2) is 5.65 Å². The zero-order valence-electron chi connectivity index (χ0n) is 20.4. The maximum Gasteiger partial charge on any atom is 0.270 e. The van der Waals surface area contributed by atoms with Gasteiger partial charge in [0.1, 0.15) is 5.39 Å². The number of nitrogens with zero attached hydrogens (tertiary/aromatic N) is 6. The number of anilines is 3. The summed E-state index contributed by atoms with van der Waals surface area (Å²) < 4.78 is 3.25. The van der Waals surface area contributed by atoms with Gasteiger partial charge in [-0.15, -0.1) is 0 Å². The summed E-state index contributed by atoms with van der Waals surface area (Å²) in [5.74, 6) is 0.817. The van der Waals surface area contributed by atoms with E-state index < -0.39 is 0 Å². The molecule has 9 nitrogen and oxygen atoms in total. The summed E-state index contributed by atoms with van der Waals surface area (Å²) in [7, 11) is 2.21. The van der Waals surface area contributed by atoms with Crippen LogP contribution in [0.2, 0.25) is 5.02 Å². The van der Waals surface area contributed by atoms with Gasteiger partial charge in [-0.05, 0) is 69.3 Å². The Hall–Kier alpha value is -3.95. The van der Waals surface area contributed by atoms with Crippen LogP contribution in [-0.4, -0.2) is 55.0 Å². The molecule has 1 atom stereocenters. The molecule has 4 heterocycles. The van der Waals surface area contributed by atoms with Gasteiger partial charge in [0.25, 0.3) is 5.56 Å². The number of rotatable bonds is 7. The summed E-state index contributed by atoms with van der Waals surface area (Å²) in [4.78, 5) is 29.3. The van der Waals surface area contributed by atoms with E-state index in [-0.39, 0.29) is 5.56 Å². The molecule has 1 fully saturated rings. The van der Waals surface area contributed by atoms with Crippen molar-refractivity contribution in [2.45, 2.75) is 25.3 Å². The molecule has 10 heteroatoms. The lowest BCUT2D eigenvalue weighted by atomic mass is 10.1. The van der Waals surface area contributed by atoms with E-state index in [9.17, 15) is 4.79 Å². The summed E-state index contributed by atoms with van der Waals surface area (Å²) in [5, 5.41) is 7.57. The van der Waals surface area contributed by atoms with E-state index in [1.165, 1.54) is 30.2 Å². The maximum atomic E-state index is 13.4. The van der Waals surface area contributed by atoms with E-state index in [1.54, 1.807) is 28.9 Å². The molecule has 188 valence electrons. The molecule has 0 aliphatic carbocycles. The Labute approximate surface area is 218 Å². The molecule has 0 saturated carbocycles. The molecule has 2 aromatic carbocycles. The van der Waals surface area contributed by atoms with Crippen LogP contribution in [0.4, 0.5) is 17.3 Å². The predicted octanol–water partition coefficient (Wildman–Crippen LogP) is 4.72. The molecule has 0 amide bonds. The number of likely N-dealkylation sites (tertiary alicyclic amines) is 1. The van der Waals surface area contributed by atoms with Gasteiger partial charge in [0, 0.05) is 42.6 Å². The van der Waals surface area contributed by atoms with Gasteiger partial charge in [-0.3, -0.25) is 9.20 Å². The Balaban J connectivity index is 1.24. The van der Waals surface area contributed by atoms with Gasteiger partial charge < -0.3 is 15.5 Å². The molecular weight excluding hydrogens is 488 g/mol.